The molecule has 6 aliphatic carbocycles. The molecule has 278 valence electrons. The topological polar surface area (TPSA) is 95.9 Å². The van der Waals surface area contributed by atoms with E-state index >= 15 is 0 Å². The third-order valence-electron chi connectivity index (χ3n) is 17.5. The summed E-state index contributed by atoms with van der Waals surface area (Å²) < 4.78 is 18.5. The van der Waals surface area contributed by atoms with E-state index in [1.165, 1.54) is 57.8 Å². The van der Waals surface area contributed by atoms with E-state index in [1.807, 2.05) is 13.8 Å². The largest absolute Gasteiger partial charge is 0.481 e. The second kappa shape index (κ2) is 12.3. The normalized spacial score (nSPS) is 46.4. The van der Waals surface area contributed by atoms with E-state index in [2.05, 4.69) is 51.8 Å². The van der Waals surface area contributed by atoms with Crippen LogP contribution >= 0.6 is 0 Å². The number of carbonyl (C=O) groups is 2. The van der Waals surface area contributed by atoms with Crippen molar-refractivity contribution in [1.29, 1.82) is 0 Å². The van der Waals surface area contributed by atoms with Gasteiger partial charge in [-0.2, -0.15) is 0 Å². The van der Waals surface area contributed by atoms with E-state index in [4.69, 9.17) is 4.74 Å². The zero-order chi connectivity index (χ0) is 35.4. The van der Waals surface area contributed by atoms with Gasteiger partial charge in [0.05, 0.1) is 11.8 Å². The number of nitrogens with zero attached hydrogens (tertiary/aromatic N) is 1. The zero-order valence-corrected chi connectivity index (χ0v) is 32.9. The highest BCUT2D eigenvalue weighted by Crippen LogP contribution is 2.72. The minimum Gasteiger partial charge on any atom is -0.481 e. The predicted molar refractivity (Wildman–Crippen MR) is 195 cm³/mol. The molecule has 11 atom stereocenters. The molecule has 7 rings (SSSR count). The molecule has 7 nitrogen and oxygen atoms in total. The Bertz CT molecular complexity index is 1340. The summed E-state index contributed by atoms with van der Waals surface area (Å²) >= 11 is 0. The lowest BCUT2D eigenvalue weighted by Gasteiger charge is -2.69. The van der Waals surface area contributed by atoms with Crippen molar-refractivity contribution in [3.05, 3.63) is 0 Å². The van der Waals surface area contributed by atoms with Gasteiger partial charge in [-0.05, 0) is 130 Å². The highest BCUT2D eigenvalue weighted by atomic mass is 32.2. The van der Waals surface area contributed by atoms with Gasteiger partial charge >= 0.3 is 11.9 Å². The van der Waals surface area contributed by atoms with Crippen molar-refractivity contribution < 1.29 is 23.6 Å². The third-order valence-corrected chi connectivity index (χ3v) is 18.7. The van der Waals surface area contributed by atoms with Crippen LogP contribution < -0.4 is 5.32 Å². The predicted octanol–water partition coefficient (Wildman–Crippen LogP) is 7.30. The Morgan fingerprint density at radius 1 is 0.816 bits per heavy atom. The number of rotatable bonds is 7. The minimum atomic E-state index is -0.798. The van der Waals surface area contributed by atoms with Crippen LogP contribution in [-0.4, -0.2) is 74.5 Å². The molecule has 49 heavy (non-hydrogen) atoms. The first kappa shape index (κ1) is 36.4. The first-order valence-corrected chi connectivity index (χ1v) is 21.6. The molecule has 0 aromatic carbocycles. The molecule has 0 bridgehead atoms. The van der Waals surface area contributed by atoms with Crippen LogP contribution in [0.25, 0.3) is 0 Å². The van der Waals surface area contributed by atoms with Crippen LogP contribution in [0, 0.1) is 63.1 Å². The molecule has 1 aliphatic heterocycles. The Morgan fingerprint density at radius 2 is 1.51 bits per heavy atom. The fraction of sp³-hybridized carbons (Fsp3) is 0.951. The van der Waals surface area contributed by atoms with Crippen molar-refractivity contribution in [1.82, 2.24) is 10.2 Å². The number of carboxylic acids is 1. The van der Waals surface area contributed by atoms with Crippen LogP contribution in [-0.2, 0) is 25.1 Å². The van der Waals surface area contributed by atoms with Crippen molar-refractivity contribution >= 4 is 22.7 Å². The fourth-order valence-corrected chi connectivity index (χ4v) is 15.5. The molecule has 0 aromatic heterocycles. The minimum absolute atomic E-state index is 0.0783. The molecule has 0 spiro atoms. The van der Waals surface area contributed by atoms with Gasteiger partial charge in [-0.1, -0.05) is 48.0 Å². The number of carbonyl (C=O) groups excluding carboxylic acids is 1. The van der Waals surface area contributed by atoms with E-state index in [0.29, 0.717) is 23.7 Å². The summed E-state index contributed by atoms with van der Waals surface area (Å²) in [4.78, 5) is 27.8. The van der Waals surface area contributed by atoms with Gasteiger partial charge in [0.15, 0.2) is 0 Å². The van der Waals surface area contributed by atoms with Crippen molar-refractivity contribution in [3.8, 4) is 0 Å². The molecule has 2 N–H and O–H groups in total. The molecule has 0 radical (unpaired) electrons. The molecule has 6 saturated carbocycles. The molecule has 8 heteroatoms. The summed E-state index contributed by atoms with van der Waals surface area (Å²) in [6, 6.07) is 0. The lowest BCUT2D eigenvalue weighted by molar-refractivity contribution is -0.225. The summed E-state index contributed by atoms with van der Waals surface area (Å²) in [6.45, 7) is 21.6. The molecule has 0 aromatic rings. The van der Waals surface area contributed by atoms with E-state index < -0.39 is 28.1 Å². The summed E-state index contributed by atoms with van der Waals surface area (Å²) in [5, 5.41) is 13.9. The molecular weight excluding hydrogens is 633 g/mol. The number of hydrogen-bond donors (Lipinski definition) is 2. The lowest BCUT2D eigenvalue weighted by atomic mass is 9.36. The highest BCUT2D eigenvalue weighted by molar-refractivity contribution is 7.85. The van der Waals surface area contributed by atoms with Gasteiger partial charge < -0.3 is 15.2 Å². The quantitative estimate of drug-likeness (QED) is 0.269. The monoisotopic (exact) mass is 700 g/mol. The van der Waals surface area contributed by atoms with Crippen LogP contribution in [0.5, 0.6) is 0 Å². The maximum Gasteiger partial charge on any atom is 0.309 e. The molecule has 7 fully saturated rings. The first-order valence-electron chi connectivity index (χ1n) is 20.2. The van der Waals surface area contributed by atoms with E-state index in [1.54, 1.807) is 0 Å². The Hall–Kier alpha value is -0.990. The number of carboxylic acid groups (broad SMARTS) is 1. The summed E-state index contributed by atoms with van der Waals surface area (Å²) in [5.74, 6) is 3.50. The summed E-state index contributed by atoms with van der Waals surface area (Å²) in [6.07, 6.45) is 14.3. The van der Waals surface area contributed by atoms with Crippen LogP contribution in [0.15, 0.2) is 0 Å². The van der Waals surface area contributed by atoms with Crippen molar-refractivity contribution in [3.63, 3.8) is 0 Å². The van der Waals surface area contributed by atoms with Crippen LogP contribution in [0.3, 0.4) is 0 Å². The van der Waals surface area contributed by atoms with Crippen molar-refractivity contribution in [2.75, 3.05) is 31.1 Å². The van der Waals surface area contributed by atoms with E-state index in [-0.39, 0.29) is 39.9 Å². The summed E-state index contributed by atoms with van der Waals surface area (Å²) in [7, 11) is -0.640. The van der Waals surface area contributed by atoms with E-state index in [9.17, 15) is 18.9 Å². The van der Waals surface area contributed by atoms with Gasteiger partial charge in [0.25, 0.3) is 0 Å². The number of hydrogen-bond acceptors (Lipinski definition) is 6. The number of nitrogens with one attached hydrogen (secondary N) is 1. The van der Waals surface area contributed by atoms with Gasteiger partial charge in [-0.3, -0.25) is 18.7 Å². The average molecular weight is 701 g/mol. The third kappa shape index (κ3) is 5.63. The second-order valence-electron chi connectivity index (χ2n) is 20.5. The molecule has 11 unspecified atom stereocenters. The lowest BCUT2D eigenvalue weighted by Crippen LogP contribution is -2.66. The highest BCUT2D eigenvalue weighted by Gasteiger charge is 2.67. The SMILES string of the molecule is CC1(C)C(C(=O)O)CC1C(=O)OC1CCC2(C)C(CCC3(C)C4CCC5(NCC(C)(C)N6CCS(=O)CC6)CCCC5C4CCC32)C1(C)C. The number of ether oxygens (including phenoxy) is 1. The van der Waals surface area contributed by atoms with E-state index in [0.717, 1.165) is 61.7 Å². The Morgan fingerprint density at radius 3 is 2.18 bits per heavy atom. The van der Waals surface area contributed by atoms with Crippen LogP contribution in [0.4, 0.5) is 0 Å². The Kier molecular flexibility index (Phi) is 9.12. The number of esters is 1. The first-order chi connectivity index (χ1) is 22.9. The fourth-order valence-electron chi connectivity index (χ4n) is 14.4. The number of aliphatic carboxylic acids is 1. The van der Waals surface area contributed by atoms with Crippen LogP contribution in [0.2, 0.25) is 0 Å². The maximum absolute atomic E-state index is 13.5. The van der Waals surface area contributed by atoms with Gasteiger partial charge in [-0.25, -0.2) is 0 Å². The summed E-state index contributed by atoms with van der Waals surface area (Å²) in [5.41, 5.74) is 0.320. The standard InChI is InChI=1S/C41H68N2O5S/c1-36(2,43-20-22-49(47)23-21-43)25-42-41-16-9-10-28(41)26-11-12-32-39(7,27(26)13-19-41)17-14-31-38(5,6)33(15-18-40(31,32)8)48-35(46)30-24-29(34(44)45)37(30,3)4/h26-33,42H,9-25H2,1-8H3,(H,44,45). The molecule has 0 amide bonds. The van der Waals surface area contributed by atoms with Gasteiger partial charge in [0, 0.05) is 58.4 Å². The average Bonchev–Trinajstić information content (AvgIpc) is 3.46. The van der Waals surface area contributed by atoms with Crippen LogP contribution in [0.1, 0.15) is 132 Å². The second-order valence-corrected chi connectivity index (χ2v) is 22.2. The Balaban J connectivity index is 1.03. The van der Waals surface area contributed by atoms with Crippen molar-refractivity contribution in [2.45, 2.75) is 150 Å². The molecule has 1 heterocycles. The van der Waals surface area contributed by atoms with Crippen molar-refractivity contribution in [2.24, 2.45) is 63.1 Å². The zero-order valence-electron chi connectivity index (χ0n) is 32.1. The molecular formula is C41H68N2O5S. The Labute approximate surface area is 299 Å². The smallest absolute Gasteiger partial charge is 0.309 e. The molecule has 1 saturated heterocycles. The van der Waals surface area contributed by atoms with Gasteiger partial charge in [0.2, 0.25) is 0 Å². The van der Waals surface area contributed by atoms with Gasteiger partial charge in [-0.15, -0.1) is 0 Å². The maximum atomic E-state index is 13.5. The number of fused-ring (bicyclic) bond motifs is 7. The van der Waals surface area contributed by atoms with Gasteiger partial charge in [0.1, 0.15) is 6.10 Å². The molecule has 7 aliphatic rings.